The van der Waals surface area contributed by atoms with Crippen molar-refractivity contribution in [2.45, 2.75) is 46.1 Å². The van der Waals surface area contributed by atoms with Gasteiger partial charge in [0.2, 0.25) is 0 Å². The Bertz CT molecular complexity index is 511. The maximum absolute atomic E-state index is 11.6. The van der Waals surface area contributed by atoms with Crippen LogP contribution in [0, 0.1) is 11.3 Å². The van der Waals surface area contributed by atoms with E-state index in [4.69, 9.17) is 9.73 Å². The molecule has 0 bridgehead atoms. The minimum Gasteiger partial charge on any atom is -0.381 e. The number of aliphatic imine (C=N–C) groups is 1. The van der Waals surface area contributed by atoms with E-state index in [1.165, 1.54) is 0 Å². The molecule has 0 radical (unpaired) electrons. The predicted molar refractivity (Wildman–Crippen MR) is 93.5 cm³/mol. The monoisotopic (exact) mass is 345 g/mol. The number of guanidine groups is 1. The average molecular weight is 346 g/mol. The van der Waals surface area contributed by atoms with E-state index in [1.54, 1.807) is 0 Å². The second kappa shape index (κ2) is 7.83. The molecule has 2 N–H and O–H groups in total. The van der Waals surface area contributed by atoms with Crippen molar-refractivity contribution in [2.75, 3.05) is 37.8 Å². The van der Waals surface area contributed by atoms with Crippen molar-refractivity contribution in [2.24, 2.45) is 16.3 Å². The van der Waals surface area contributed by atoms with Crippen LogP contribution in [-0.2, 0) is 14.6 Å². The maximum Gasteiger partial charge on any atom is 0.191 e. The number of rotatable bonds is 5. The summed E-state index contributed by atoms with van der Waals surface area (Å²) in [5.74, 6) is 1.60. The number of nitrogens with one attached hydrogen (secondary N) is 2. The molecular weight excluding hydrogens is 314 g/mol. The van der Waals surface area contributed by atoms with Gasteiger partial charge in [0.25, 0.3) is 0 Å². The SMILES string of the molecule is CC(C)NC(=NCC1(C)CCOCC1)NCC1CCS(=O)(=O)C1. The van der Waals surface area contributed by atoms with E-state index < -0.39 is 9.84 Å². The summed E-state index contributed by atoms with van der Waals surface area (Å²) >= 11 is 0. The number of ether oxygens (including phenoxy) is 1. The van der Waals surface area contributed by atoms with Crippen LogP contribution in [0.4, 0.5) is 0 Å². The highest BCUT2D eigenvalue weighted by Crippen LogP contribution is 2.29. The zero-order chi connectivity index (χ0) is 16.9. The van der Waals surface area contributed by atoms with Crippen molar-refractivity contribution in [1.82, 2.24) is 10.6 Å². The molecule has 2 aliphatic heterocycles. The van der Waals surface area contributed by atoms with E-state index in [0.717, 1.165) is 45.0 Å². The maximum atomic E-state index is 11.6. The van der Waals surface area contributed by atoms with E-state index in [2.05, 4.69) is 31.4 Å². The minimum atomic E-state index is -2.82. The first-order valence-corrected chi connectivity index (χ1v) is 10.4. The van der Waals surface area contributed by atoms with Crippen LogP contribution < -0.4 is 10.6 Å². The van der Waals surface area contributed by atoms with Crippen LogP contribution in [0.3, 0.4) is 0 Å². The molecule has 2 rings (SSSR count). The number of sulfone groups is 1. The smallest absolute Gasteiger partial charge is 0.191 e. The van der Waals surface area contributed by atoms with Gasteiger partial charge in [-0.2, -0.15) is 0 Å². The molecule has 2 saturated heterocycles. The van der Waals surface area contributed by atoms with Gasteiger partial charge in [-0.3, -0.25) is 4.99 Å². The van der Waals surface area contributed by atoms with Gasteiger partial charge in [0, 0.05) is 32.3 Å². The molecular formula is C16H31N3O3S. The molecule has 7 heteroatoms. The predicted octanol–water partition coefficient (Wildman–Crippen LogP) is 1.18. The highest BCUT2D eigenvalue weighted by Gasteiger charge is 2.29. The first-order chi connectivity index (χ1) is 10.8. The fourth-order valence-corrected chi connectivity index (χ4v) is 4.85. The summed E-state index contributed by atoms with van der Waals surface area (Å²) in [6, 6.07) is 0.288. The summed E-state index contributed by atoms with van der Waals surface area (Å²) in [7, 11) is -2.82. The zero-order valence-electron chi connectivity index (χ0n) is 14.6. The Hall–Kier alpha value is -0.820. The Morgan fingerprint density at radius 3 is 2.61 bits per heavy atom. The summed E-state index contributed by atoms with van der Waals surface area (Å²) in [5, 5.41) is 6.67. The number of hydrogen-bond donors (Lipinski definition) is 2. The summed E-state index contributed by atoms with van der Waals surface area (Å²) in [6.45, 7) is 9.47. The second-order valence-electron chi connectivity index (χ2n) is 7.54. The van der Waals surface area contributed by atoms with Gasteiger partial charge in [-0.05, 0) is 44.4 Å². The largest absolute Gasteiger partial charge is 0.381 e. The molecule has 1 atom stereocenters. The lowest BCUT2D eigenvalue weighted by Gasteiger charge is -2.32. The van der Waals surface area contributed by atoms with Gasteiger partial charge in [0.1, 0.15) is 0 Å². The topological polar surface area (TPSA) is 79.8 Å². The molecule has 0 amide bonds. The Kier molecular flexibility index (Phi) is 6.31. The third kappa shape index (κ3) is 6.30. The quantitative estimate of drug-likeness (QED) is 0.578. The second-order valence-corrected chi connectivity index (χ2v) is 9.77. The van der Waals surface area contributed by atoms with Crippen LogP contribution in [0.25, 0.3) is 0 Å². The van der Waals surface area contributed by atoms with Crippen LogP contribution in [0.2, 0.25) is 0 Å². The van der Waals surface area contributed by atoms with Crippen LogP contribution in [0.5, 0.6) is 0 Å². The Morgan fingerprint density at radius 1 is 1.35 bits per heavy atom. The highest BCUT2D eigenvalue weighted by atomic mass is 32.2. The Morgan fingerprint density at radius 2 is 2.04 bits per heavy atom. The fraction of sp³-hybridized carbons (Fsp3) is 0.938. The zero-order valence-corrected chi connectivity index (χ0v) is 15.4. The van der Waals surface area contributed by atoms with E-state index in [1.807, 2.05) is 0 Å². The first-order valence-electron chi connectivity index (χ1n) is 8.61. The molecule has 1 unspecified atom stereocenters. The molecule has 0 aromatic heterocycles. The summed E-state index contributed by atoms with van der Waals surface area (Å²) in [5.41, 5.74) is 0.195. The standard InChI is InChI=1S/C16H31N3O3S/c1-13(2)19-15(17-10-14-4-9-23(20,21)11-14)18-12-16(3)5-7-22-8-6-16/h13-14H,4-12H2,1-3H3,(H2,17,18,19). The molecule has 2 aliphatic rings. The van der Waals surface area contributed by atoms with Crippen molar-refractivity contribution >= 4 is 15.8 Å². The lowest BCUT2D eigenvalue weighted by Crippen LogP contribution is -2.44. The first kappa shape index (κ1) is 18.5. The molecule has 2 fully saturated rings. The van der Waals surface area contributed by atoms with Gasteiger partial charge in [0.05, 0.1) is 11.5 Å². The van der Waals surface area contributed by atoms with E-state index in [-0.39, 0.29) is 17.4 Å². The molecule has 0 spiro atoms. The molecule has 0 aromatic rings. The van der Waals surface area contributed by atoms with Crippen molar-refractivity contribution < 1.29 is 13.2 Å². The fourth-order valence-electron chi connectivity index (χ4n) is 2.99. The van der Waals surface area contributed by atoms with Crippen LogP contribution in [0.1, 0.15) is 40.0 Å². The lowest BCUT2D eigenvalue weighted by molar-refractivity contribution is 0.0283. The molecule has 23 heavy (non-hydrogen) atoms. The van der Waals surface area contributed by atoms with Crippen LogP contribution in [0.15, 0.2) is 4.99 Å². The number of hydrogen-bond acceptors (Lipinski definition) is 4. The van der Waals surface area contributed by atoms with Gasteiger partial charge in [-0.15, -0.1) is 0 Å². The van der Waals surface area contributed by atoms with E-state index >= 15 is 0 Å². The van der Waals surface area contributed by atoms with E-state index in [9.17, 15) is 8.42 Å². The lowest BCUT2D eigenvalue weighted by atomic mass is 9.83. The van der Waals surface area contributed by atoms with Gasteiger partial charge >= 0.3 is 0 Å². The molecule has 134 valence electrons. The van der Waals surface area contributed by atoms with Crippen molar-refractivity contribution in [1.29, 1.82) is 0 Å². The van der Waals surface area contributed by atoms with Crippen LogP contribution >= 0.6 is 0 Å². The molecule has 0 saturated carbocycles. The van der Waals surface area contributed by atoms with Gasteiger partial charge in [-0.25, -0.2) is 8.42 Å². The third-order valence-corrected chi connectivity index (χ3v) is 6.47. The molecule has 0 aromatic carbocycles. The Balaban J connectivity index is 1.89. The highest BCUT2D eigenvalue weighted by molar-refractivity contribution is 7.91. The number of nitrogens with zero attached hydrogens (tertiary/aromatic N) is 1. The minimum absolute atomic E-state index is 0.192. The van der Waals surface area contributed by atoms with Crippen LogP contribution in [-0.4, -0.2) is 58.2 Å². The van der Waals surface area contributed by atoms with Gasteiger partial charge in [-0.1, -0.05) is 6.92 Å². The van der Waals surface area contributed by atoms with Crippen molar-refractivity contribution in [3.05, 3.63) is 0 Å². The van der Waals surface area contributed by atoms with Gasteiger partial charge < -0.3 is 15.4 Å². The summed E-state index contributed by atoms with van der Waals surface area (Å²) in [6.07, 6.45) is 2.82. The molecule has 2 heterocycles. The van der Waals surface area contributed by atoms with Gasteiger partial charge in [0.15, 0.2) is 15.8 Å². The summed E-state index contributed by atoms with van der Waals surface area (Å²) < 4.78 is 28.5. The average Bonchev–Trinajstić information content (AvgIpc) is 2.82. The van der Waals surface area contributed by atoms with Crippen molar-refractivity contribution in [3.63, 3.8) is 0 Å². The molecule has 0 aliphatic carbocycles. The van der Waals surface area contributed by atoms with Crippen molar-refractivity contribution in [3.8, 4) is 0 Å². The third-order valence-electron chi connectivity index (χ3n) is 4.63. The van der Waals surface area contributed by atoms with E-state index in [0.29, 0.717) is 18.1 Å². The summed E-state index contributed by atoms with van der Waals surface area (Å²) in [4.78, 5) is 4.75. The normalized spacial score (nSPS) is 27.1. The Labute approximate surface area is 140 Å². The molecule has 6 nitrogen and oxygen atoms in total.